The van der Waals surface area contributed by atoms with Gasteiger partial charge in [0.25, 0.3) is 0 Å². The lowest BCUT2D eigenvalue weighted by Crippen LogP contribution is -2.12. The van der Waals surface area contributed by atoms with Gasteiger partial charge in [-0.25, -0.2) is 13.2 Å². The molecular weight excluding hydrogens is 193 g/mol. The minimum absolute atomic E-state index is 0.540. The largest absolute Gasteiger partial charge is 0.324 e. The van der Waals surface area contributed by atoms with Crippen molar-refractivity contribution in [3.05, 3.63) is 34.6 Å². The van der Waals surface area contributed by atoms with E-state index in [4.69, 9.17) is 11.0 Å². The van der Waals surface area contributed by atoms with E-state index in [0.717, 1.165) is 0 Å². The fourth-order valence-electron chi connectivity index (χ4n) is 1.11. The predicted molar refractivity (Wildman–Crippen MR) is 43.6 cm³/mol. The SMILES string of the molecule is CC(N)c1c(F)cc(C#N)c(F)c1F. The van der Waals surface area contributed by atoms with E-state index in [1.54, 1.807) is 0 Å². The smallest absolute Gasteiger partial charge is 0.177 e. The number of nitriles is 1. The standard InChI is InChI=1S/C9H7F3N2/c1-4(14)7-6(10)2-5(3-13)8(11)9(7)12/h2,4H,14H2,1H3. The Bertz CT molecular complexity index is 407. The van der Waals surface area contributed by atoms with Crippen LogP contribution in [0.15, 0.2) is 6.07 Å². The molecule has 1 aromatic rings. The first-order valence-corrected chi connectivity index (χ1v) is 3.82. The molecule has 0 radical (unpaired) electrons. The van der Waals surface area contributed by atoms with Crippen LogP contribution >= 0.6 is 0 Å². The van der Waals surface area contributed by atoms with Crippen LogP contribution < -0.4 is 5.73 Å². The summed E-state index contributed by atoms with van der Waals surface area (Å²) in [5.74, 6) is -3.76. The number of nitrogens with two attached hydrogens (primary N) is 1. The van der Waals surface area contributed by atoms with Crippen LogP contribution in [0.25, 0.3) is 0 Å². The molecule has 0 aromatic heterocycles. The molecule has 2 nitrogen and oxygen atoms in total. The Morgan fingerprint density at radius 3 is 2.36 bits per heavy atom. The van der Waals surface area contributed by atoms with Crippen LogP contribution in [0.3, 0.4) is 0 Å². The highest BCUT2D eigenvalue weighted by atomic mass is 19.2. The topological polar surface area (TPSA) is 49.8 Å². The van der Waals surface area contributed by atoms with Gasteiger partial charge in [-0.3, -0.25) is 0 Å². The van der Waals surface area contributed by atoms with Gasteiger partial charge >= 0.3 is 0 Å². The molecule has 1 rings (SSSR count). The van der Waals surface area contributed by atoms with Gasteiger partial charge in [-0.15, -0.1) is 0 Å². The van der Waals surface area contributed by atoms with Gasteiger partial charge in [-0.2, -0.15) is 5.26 Å². The van der Waals surface area contributed by atoms with Crippen molar-refractivity contribution in [2.45, 2.75) is 13.0 Å². The molecule has 74 valence electrons. The number of nitrogens with zero attached hydrogens (tertiary/aromatic N) is 1. The molecule has 0 fully saturated rings. The first kappa shape index (κ1) is 10.5. The molecule has 0 aliphatic carbocycles. The third-order valence-electron chi connectivity index (χ3n) is 1.77. The third-order valence-corrected chi connectivity index (χ3v) is 1.77. The van der Waals surface area contributed by atoms with E-state index in [-0.39, 0.29) is 0 Å². The molecule has 0 spiro atoms. The molecule has 2 N–H and O–H groups in total. The predicted octanol–water partition coefficient (Wildman–Crippen LogP) is 2.00. The van der Waals surface area contributed by atoms with Crippen molar-refractivity contribution in [1.82, 2.24) is 0 Å². The summed E-state index contributed by atoms with van der Waals surface area (Å²) < 4.78 is 39.2. The van der Waals surface area contributed by atoms with E-state index < -0.39 is 34.6 Å². The Kier molecular flexibility index (Phi) is 2.77. The van der Waals surface area contributed by atoms with Crippen LogP contribution in [0.2, 0.25) is 0 Å². The Hall–Kier alpha value is -1.54. The molecule has 1 aromatic carbocycles. The molecule has 0 aliphatic rings. The maximum atomic E-state index is 13.1. The number of hydrogen-bond acceptors (Lipinski definition) is 2. The van der Waals surface area contributed by atoms with Crippen LogP contribution in [-0.2, 0) is 0 Å². The Labute approximate surface area is 78.8 Å². The molecule has 14 heavy (non-hydrogen) atoms. The van der Waals surface area contributed by atoms with Crippen LogP contribution in [0, 0.1) is 28.8 Å². The first-order valence-electron chi connectivity index (χ1n) is 3.82. The monoisotopic (exact) mass is 200 g/mol. The molecule has 0 heterocycles. The zero-order valence-electron chi connectivity index (χ0n) is 7.31. The second-order valence-electron chi connectivity index (χ2n) is 2.85. The normalized spacial score (nSPS) is 12.3. The lowest BCUT2D eigenvalue weighted by molar-refractivity contribution is 0.468. The molecule has 0 saturated carbocycles. The summed E-state index contributed by atoms with van der Waals surface area (Å²) in [6.07, 6.45) is 0. The number of rotatable bonds is 1. The van der Waals surface area contributed by atoms with E-state index in [1.807, 2.05) is 0 Å². The Morgan fingerprint density at radius 1 is 1.36 bits per heavy atom. The highest BCUT2D eigenvalue weighted by Gasteiger charge is 2.20. The second-order valence-corrected chi connectivity index (χ2v) is 2.85. The Balaban J connectivity index is 3.51. The number of benzene rings is 1. The van der Waals surface area contributed by atoms with Crippen LogP contribution in [0.4, 0.5) is 13.2 Å². The fraction of sp³-hybridized carbons (Fsp3) is 0.222. The molecule has 0 saturated heterocycles. The summed E-state index contributed by atoms with van der Waals surface area (Å²) >= 11 is 0. The van der Waals surface area contributed by atoms with Crippen molar-refractivity contribution in [1.29, 1.82) is 5.26 Å². The Morgan fingerprint density at radius 2 is 1.93 bits per heavy atom. The van der Waals surface area contributed by atoms with Gasteiger partial charge in [0.05, 0.1) is 5.56 Å². The highest BCUT2D eigenvalue weighted by Crippen LogP contribution is 2.23. The first-order chi connectivity index (χ1) is 6.49. The zero-order valence-corrected chi connectivity index (χ0v) is 7.31. The average Bonchev–Trinajstić information content (AvgIpc) is 2.10. The summed E-state index contributed by atoms with van der Waals surface area (Å²) in [5, 5.41) is 8.34. The van der Waals surface area contributed by atoms with E-state index in [2.05, 4.69) is 0 Å². The lowest BCUT2D eigenvalue weighted by atomic mass is 10.0. The quantitative estimate of drug-likeness (QED) is 0.705. The van der Waals surface area contributed by atoms with Gasteiger partial charge in [0, 0.05) is 11.6 Å². The second kappa shape index (κ2) is 3.68. The molecule has 0 aliphatic heterocycles. The van der Waals surface area contributed by atoms with Gasteiger partial charge in [-0.1, -0.05) is 0 Å². The maximum Gasteiger partial charge on any atom is 0.177 e. The van der Waals surface area contributed by atoms with E-state index in [0.29, 0.717) is 6.07 Å². The zero-order chi connectivity index (χ0) is 10.9. The molecule has 0 bridgehead atoms. The van der Waals surface area contributed by atoms with E-state index >= 15 is 0 Å². The van der Waals surface area contributed by atoms with Gasteiger partial charge < -0.3 is 5.73 Å². The van der Waals surface area contributed by atoms with Crippen LogP contribution in [-0.4, -0.2) is 0 Å². The highest BCUT2D eigenvalue weighted by molar-refractivity contribution is 5.36. The number of halogens is 3. The third kappa shape index (κ3) is 1.56. The van der Waals surface area contributed by atoms with Crippen molar-refractivity contribution in [3.63, 3.8) is 0 Å². The fourth-order valence-corrected chi connectivity index (χ4v) is 1.11. The number of hydrogen-bond donors (Lipinski definition) is 1. The summed E-state index contributed by atoms with van der Waals surface area (Å²) in [6, 6.07) is 1.02. The average molecular weight is 200 g/mol. The van der Waals surface area contributed by atoms with Crippen LogP contribution in [0.1, 0.15) is 24.1 Å². The summed E-state index contributed by atoms with van der Waals surface area (Å²) in [7, 11) is 0. The minimum atomic E-state index is -1.39. The summed E-state index contributed by atoms with van der Waals surface area (Å²) in [5.41, 5.74) is 4.04. The van der Waals surface area contributed by atoms with Crippen molar-refractivity contribution in [2.24, 2.45) is 5.73 Å². The molecule has 0 amide bonds. The van der Waals surface area contributed by atoms with Gasteiger partial charge in [-0.05, 0) is 13.0 Å². The molecule has 1 unspecified atom stereocenters. The van der Waals surface area contributed by atoms with Crippen molar-refractivity contribution in [3.8, 4) is 6.07 Å². The van der Waals surface area contributed by atoms with Crippen molar-refractivity contribution >= 4 is 0 Å². The summed E-state index contributed by atoms with van der Waals surface area (Å²) in [4.78, 5) is 0. The van der Waals surface area contributed by atoms with Gasteiger partial charge in [0.15, 0.2) is 11.6 Å². The van der Waals surface area contributed by atoms with E-state index in [9.17, 15) is 13.2 Å². The molecule has 1 atom stereocenters. The minimum Gasteiger partial charge on any atom is -0.324 e. The van der Waals surface area contributed by atoms with Gasteiger partial charge in [0.1, 0.15) is 11.9 Å². The van der Waals surface area contributed by atoms with Crippen LogP contribution in [0.5, 0.6) is 0 Å². The van der Waals surface area contributed by atoms with Gasteiger partial charge in [0.2, 0.25) is 0 Å². The molecule has 5 heteroatoms. The summed E-state index contributed by atoms with van der Waals surface area (Å²) in [6.45, 7) is 1.33. The molecular formula is C9H7F3N2. The van der Waals surface area contributed by atoms with Crippen molar-refractivity contribution < 1.29 is 13.2 Å². The van der Waals surface area contributed by atoms with Crippen molar-refractivity contribution in [2.75, 3.05) is 0 Å². The maximum absolute atomic E-state index is 13.1. The lowest BCUT2D eigenvalue weighted by Gasteiger charge is -2.09. The van der Waals surface area contributed by atoms with E-state index in [1.165, 1.54) is 13.0 Å².